The third-order valence-electron chi connectivity index (χ3n) is 6.42. The highest BCUT2D eigenvalue weighted by molar-refractivity contribution is 7.81. The Morgan fingerprint density at radius 1 is 0.949 bits per heavy atom. The van der Waals surface area contributed by atoms with Crippen molar-refractivity contribution < 1.29 is 24.2 Å². The SMILES string of the molecule is COc1cc(/C=C2/C(=O)N(c3ccc(N4CCOCC4)cc3)C(=S)N(c3cccc(Cl)c3Cl)C2=O)ccc1O. The highest BCUT2D eigenvalue weighted by Gasteiger charge is 2.42. The maximum absolute atomic E-state index is 13.8. The molecule has 0 radical (unpaired) electrons. The zero-order valence-electron chi connectivity index (χ0n) is 20.8. The van der Waals surface area contributed by atoms with E-state index in [0.717, 1.165) is 18.8 Å². The molecule has 5 rings (SSSR count). The molecule has 0 spiro atoms. The summed E-state index contributed by atoms with van der Waals surface area (Å²) in [5, 5.41) is 10.3. The van der Waals surface area contributed by atoms with Crippen LogP contribution >= 0.6 is 35.4 Å². The third-order valence-corrected chi connectivity index (χ3v) is 7.59. The number of hydrogen-bond acceptors (Lipinski definition) is 7. The van der Waals surface area contributed by atoms with Gasteiger partial charge in [0.15, 0.2) is 16.6 Å². The molecule has 200 valence electrons. The molecule has 2 heterocycles. The molecule has 0 aromatic heterocycles. The van der Waals surface area contributed by atoms with Crippen LogP contribution in [-0.4, -0.2) is 55.4 Å². The standard InChI is InChI=1S/C28H23Cl2N3O5S/c1-37-24-16-17(5-10-23(24)34)15-20-26(35)32(19-8-6-18(7-9-19)31-11-13-38-14-12-31)28(39)33(27(20)36)22-4-2-3-21(29)25(22)30/h2-10,15-16,34H,11-14H2,1H3/b20-15-. The number of aromatic hydroxyl groups is 1. The number of carbonyl (C=O) groups is 2. The van der Waals surface area contributed by atoms with Gasteiger partial charge in [-0.3, -0.25) is 19.4 Å². The van der Waals surface area contributed by atoms with Crippen LogP contribution in [0.15, 0.2) is 66.2 Å². The number of nitrogens with zero attached hydrogens (tertiary/aromatic N) is 3. The van der Waals surface area contributed by atoms with Gasteiger partial charge in [-0.25, -0.2) is 0 Å². The molecule has 2 aliphatic rings. The van der Waals surface area contributed by atoms with Crippen molar-refractivity contribution >= 4 is 75.5 Å². The Balaban J connectivity index is 1.60. The first-order chi connectivity index (χ1) is 18.8. The Hall–Kier alpha value is -3.63. The summed E-state index contributed by atoms with van der Waals surface area (Å²) in [6.07, 6.45) is 1.43. The Kier molecular flexibility index (Phi) is 7.76. The molecular weight excluding hydrogens is 561 g/mol. The molecule has 3 aromatic rings. The number of hydrogen-bond donors (Lipinski definition) is 1. The molecule has 8 nitrogen and oxygen atoms in total. The predicted molar refractivity (Wildman–Crippen MR) is 156 cm³/mol. The van der Waals surface area contributed by atoms with E-state index >= 15 is 0 Å². The molecule has 0 unspecified atom stereocenters. The topological polar surface area (TPSA) is 82.6 Å². The van der Waals surface area contributed by atoms with E-state index in [9.17, 15) is 14.7 Å². The van der Waals surface area contributed by atoms with Gasteiger partial charge in [-0.15, -0.1) is 0 Å². The zero-order valence-corrected chi connectivity index (χ0v) is 23.1. The minimum absolute atomic E-state index is 0.0614. The van der Waals surface area contributed by atoms with E-state index in [-0.39, 0.29) is 37.9 Å². The molecule has 0 bridgehead atoms. The molecule has 2 saturated heterocycles. The summed E-state index contributed by atoms with van der Waals surface area (Å²) in [5.41, 5.74) is 2.01. The van der Waals surface area contributed by atoms with Crippen molar-refractivity contribution in [3.63, 3.8) is 0 Å². The Labute approximate surface area is 240 Å². The van der Waals surface area contributed by atoms with Gasteiger partial charge in [-0.2, -0.15) is 0 Å². The Morgan fingerprint density at radius 2 is 1.62 bits per heavy atom. The van der Waals surface area contributed by atoms with Crippen LogP contribution < -0.4 is 19.4 Å². The molecule has 39 heavy (non-hydrogen) atoms. The summed E-state index contributed by atoms with van der Waals surface area (Å²) in [6.45, 7) is 2.81. The van der Waals surface area contributed by atoms with Crippen LogP contribution in [0.5, 0.6) is 11.5 Å². The van der Waals surface area contributed by atoms with Crippen LogP contribution in [0.25, 0.3) is 6.08 Å². The number of phenols is 1. The minimum atomic E-state index is -0.664. The van der Waals surface area contributed by atoms with E-state index in [4.69, 9.17) is 44.9 Å². The van der Waals surface area contributed by atoms with Gasteiger partial charge in [0, 0.05) is 18.8 Å². The Morgan fingerprint density at radius 3 is 2.31 bits per heavy atom. The second-order valence-electron chi connectivity index (χ2n) is 8.74. The van der Waals surface area contributed by atoms with E-state index in [1.165, 1.54) is 35.1 Å². The number of phenolic OH excluding ortho intramolecular Hbond substituents is 1. The van der Waals surface area contributed by atoms with Gasteiger partial charge in [0.2, 0.25) is 0 Å². The average Bonchev–Trinajstić information content (AvgIpc) is 2.95. The van der Waals surface area contributed by atoms with Gasteiger partial charge in [0.05, 0.1) is 41.7 Å². The molecule has 3 aromatic carbocycles. The molecule has 1 N–H and O–H groups in total. The van der Waals surface area contributed by atoms with Crippen LogP contribution in [0.4, 0.5) is 17.1 Å². The quantitative estimate of drug-likeness (QED) is 0.248. The van der Waals surface area contributed by atoms with Crippen molar-refractivity contribution in [2.75, 3.05) is 48.1 Å². The molecule has 2 fully saturated rings. The first-order valence-corrected chi connectivity index (χ1v) is 13.1. The molecule has 0 aliphatic carbocycles. The van der Waals surface area contributed by atoms with Crippen LogP contribution in [0.1, 0.15) is 5.56 Å². The molecule has 2 amide bonds. The van der Waals surface area contributed by atoms with Crippen molar-refractivity contribution in [1.29, 1.82) is 0 Å². The lowest BCUT2D eigenvalue weighted by Crippen LogP contribution is -2.57. The fraction of sp³-hybridized carbons (Fsp3) is 0.179. The highest BCUT2D eigenvalue weighted by atomic mass is 35.5. The van der Waals surface area contributed by atoms with Crippen molar-refractivity contribution in [2.24, 2.45) is 0 Å². The predicted octanol–water partition coefficient (Wildman–Crippen LogP) is 5.29. The van der Waals surface area contributed by atoms with Crippen LogP contribution in [-0.2, 0) is 14.3 Å². The summed E-state index contributed by atoms with van der Waals surface area (Å²) < 4.78 is 10.6. The summed E-state index contributed by atoms with van der Waals surface area (Å²) in [5.74, 6) is -1.15. The first-order valence-electron chi connectivity index (χ1n) is 12.0. The molecule has 0 atom stereocenters. The largest absolute Gasteiger partial charge is 0.504 e. The smallest absolute Gasteiger partial charge is 0.270 e. The normalized spacial score (nSPS) is 17.3. The van der Waals surface area contributed by atoms with Crippen molar-refractivity contribution in [3.8, 4) is 11.5 Å². The van der Waals surface area contributed by atoms with Gasteiger partial charge >= 0.3 is 0 Å². The third kappa shape index (κ3) is 5.18. The second kappa shape index (κ2) is 11.2. The lowest BCUT2D eigenvalue weighted by molar-refractivity contribution is -0.120. The van der Waals surface area contributed by atoms with Gasteiger partial charge in [-0.1, -0.05) is 35.3 Å². The lowest BCUT2D eigenvalue weighted by atomic mass is 10.0. The number of amides is 2. The van der Waals surface area contributed by atoms with E-state index in [1.807, 2.05) is 12.1 Å². The Bertz CT molecular complexity index is 1490. The van der Waals surface area contributed by atoms with Crippen LogP contribution in [0, 0.1) is 0 Å². The molecule has 0 saturated carbocycles. The van der Waals surface area contributed by atoms with Gasteiger partial charge in [0.1, 0.15) is 5.57 Å². The van der Waals surface area contributed by atoms with E-state index in [1.54, 1.807) is 36.4 Å². The van der Waals surface area contributed by atoms with E-state index in [2.05, 4.69) is 4.90 Å². The lowest BCUT2D eigenvalue weighted by Gasteiger charge is -2.37. The van der Waals surface area contributed by atoms with E-state index < -0.39 is 11.8 Å². The summed E-state index contributed by atoms with van der Waals surface area (Å²) in [4.78, 5) is 32.3. The number of halogens is 2. The number of methoxy groups -OCH3 is 1. The van der Waals surface area contributed by atoms with E-state index in [0.29, 0.717) is 24.5 Å². The zero-order chi connectivity index (χ0) is 27.7. The fourth-order valence-electron chi connectivity index (χ4n) is 4.42. The van der Waals surface area contributed by atoms with Gasteiger partial charge < -0.3 is 19.5 Å². The highest BCUT2D eigenvalue weighted by Crippen LogP contribution is 2.38. The second-order valence-corrected chi connectivity index (χ2v) is 9.89. The average molecular weight is 584 g/mol. The molecule has 11 heteroatoms. The summed E-state index contributed by atoms with van der Waals surface area (Å²) in [6, 6.07) is 16.7. The number of benzene rings is 3. The van der Waals surface area contributed by atoms with Crippen molar-refractivity contribution in [2.45, 2.75) is 0 Å². The monoisotopic (exact) mass is 583 g/mol. The number of morpholine rings is 1. The first kappa shape index (κ1) is 27.0. The maximum Gasteiger partial charge on any atom is 0.270 e. The fourth-order valence-corrected chi connectivity index (χ4v) is 5.17. The number of rotatable bonds is 5. The minimum Gasteiger partial charge on any atom is -0.504 e. The molecule has 2 aliphatic heterocycles. The van der Waals surface area contributed by atoms with Crippen molar-refractivity contribution in [3.05, 3.63) is 81.8 Å². The number of carbonyl (C=O) groups excluding carboxylic acids is 2. The summed E-state index contributed by atoms with van der Waals surface area (Å²) in [7, 11) is 1.41. The van der Waals surface area contributed by atoms with Crippen LogP contribution in [0.3, 0.4) is 0 Å². The number of ether oxygens (including phenoxy) is 2. The summed E-state index contributed by atoms with van der Waals surface area (Å²) >= 11 is 18.5. The molecular formula is C28H23Cl2N3O5S. The number of thiocarbonyl (C=S) groups is 1. The van der Waals surface area contributed by atoms with Crippen molar-refractivity contribution in [1.82, 2.24) is 0 Å². The van der Waals surface area contributed by atoms with Gasteiger partial charge in [0.25, 0.3) is 11.8 Å². The number of anilines is 3. The van der Waals surface area contributed by atoms with Crippen LogP contribution in [0.2, 0.25) is 10.0 Å². The van der Waals surface area contributed by atoms with Gasteiger partial charge in [-0.05, 0) is 72.4 Å². The maximum atomic E-state index is 13.8.